The molecule has 0 saturated carbocycles. The van der Waals surface area contributed by atoms with E-state index in [0.717, 1.165) is 63.9 Å². The number of halogens is 1. The van der Waals surface area contributed by atoms with E-state index in [9.17, 15) is 4.39 Å². The first-order valence-electron chi connectivity index (χ1n) is 10.3. The lowest BCUT2D eigenvalue weighted by molar-refractivity contribution is 0.0994. The second-order valence-electron chi connectivity index (χ2n) is 8.15. The maximum Gasteiger partial charge on any atom is 0.129 e. The van der Waals surface area contributed by atoms with Crippen LogP contribution in [0.3, 0.4) is 0 Å². The lowest BCUT2D eigenvalue weighted by atomic mass is 9.95. The summed E-state index contributed by atoms with van der Waals surface area (Å²) in [6.45, 7) is 10.6. The van der Waals surface area contributed by atoms with Gasteiger partial charge in [0.05, 0.1) is 21.8 Å². The van der Waals surface area contributed by atoms with E-state index in [0.29, 0.717) is 12.5 Å². The van der Waals surface area contributed by atoms with Gasteiger partial charge in [0, 0.05) is 47.6 Å². The molecular weight excluding hydrogens is 385 g/mol. The van der Waals surface area contributed by atoms with Gasteiger partial charge < -0.3 is 4.74 Å². The zero-order valence-corrected chi connectivity index (χ0v) is 18.4. The number of rotatable bonds is 5. The average Bonchev–Trinajstić information content (AvgIpc) is 3.03. The van der Waals surface area contributed by atoms with Crippen molar-refractivity contribution >= 4 is 21.6 Å². The molecule has 3 heterocycles. The van der Waals surface area contributed by atoms with Crippen molar-refractivity contribution in [3.63, 3.8) is 0 Å². The second-order valence-corrected chi connectivity index (χ2v) is 9.38. The topological polar surface area (TPSA) is 38.2 Å². The highest BCUT2D eigenvalue weighted by Gasteiger charge is 2.27. The third kappa shape index (κ3) is 4.59. The van der Waals surface area contributed by atoms with Gasteiger partial charge in [-0.2, -0.15) is 0 Å². The van der Waals surface area contributed by atoms with Crippen molar-refractivity contribution in [2.45, 2.75) is 46.6 Å². The van der Waals surface area contributed by atoms with Gasteiger partial charge in [0.1, 0.15) is 11.6 Å². The van der Waals surface area contributed by atoms with Crippen molar-refractivity contribution < 1.29 is 9.13 Å². The molecule has 1 aliphatic rings. The first-order valence-corrected chi connectivity index (χ1v) is 11.1. The van der Waals surface area contributed by atoms with Gasteiger partial charge in [0.2, 0.25) is 0 Å². The van der Waals surface area contributed by atoms with Crippen molar-refractivity contribution in [1.82, 2.24) is 14.9 Å². The molecule has 154 valence electrons. The summed E-state index contributed by atoms with van der Waals surface area (Å²) < 4.78 is 21.8. The van der Waals surface area contributed by atoms with Gasteiger partial charge in [-0.25, -0.2) is 9.37 Å². The maximum atomic E-state index is 14.8. The molecule has 2 atom stereocenters. The van der Waals surface area contributed by atoms with Gasteiger partial charge >= 0.3 is 0 Å². The molecular formula is C23H28FN3OS. The number of hydrogen-bond acceptors (Lipinski definition) is 5. The minimum absolute atomic E-state index is 0.0228. The highest BCUT2D eigenvalue weighted by Crippen LogP contribution is 2.32. The molecule has 1 fully saturated rings. The fourth-order valence-electron chi connectivity index (χ4n) is 4.28. The minimum Gasteiger partial charge on any atom is -0.493 e. The molecule has 0 amide bonds. The number of aromatic nitrogens is 2. The Morgan fingerprint density at radius 2 is 1.93 bits per heavy atom. The molecule has 0 N–H and O–H groups in total. The van der Waals surface area contributed by atoms with Crippen LogP contribution in [0.2, 0.25) is 0 Å². The van der Waals surface area contributed by atoms with E-state index in [2.05, 4.69) is 21.8 Å². The Balaban J connectivity index is 1.44. The highest BCUT2D eigenvalue weighted by atomic mass is 32.1. The summed E-state index contributed by atoms with van der Waals surface area (Å²) in [7, 11) is 0. The largest absolute Gasteiger partial charge is 0.493 e. The molecule has 4 nitrogen and oxygen atoms in total. The Bertz CT molecular complexity index is 999. The van der Waals surface area contributed by atoms with E-state index in [-0.39, 0.29) is 11.9 Å². The van der Waals surface area contributed by atoms with Gasteiger partial charge in [-0.3, -0.25) is 9.88 Å². The summed E-state index contributed by atoms with van der Waals surface area (Å²) in [6.07, 6.45) is 2.24. The quantitative estimate of drug-likeness (QED) is 0.545. The number of piperidine rings is 1. The third-order valence-corrected chi connectivity index (χ3v) is 6.64. The molecule has 29 heavy (non-hydrogen) atoms. The van der Waals surface area contributed by atoms with E-state index < -0.39 is 0 Å². The van der Waals surface area contributed by atoms with Crippen molar-refractivity contribution in [3.05, 3.63) is 52.0 Å². The monoisotopic (exact) mass is 413 g/mol. The van der Waals surface area contributed by atoms with Crippen LogP contribution in [-0.2, 0) is 0 Å². The SMILES string of the molecule is Cc1cc(OCC2CCCN(C(C)c3cc4nc(C)sc4cc3F)C2)cc(C)n1. The van der Waals surface area contributed by atoms with Crippen LogP contribution in [0.25, 0.3) is 10.2 Å². The maximum absolute atomic E-state index is 14.8. The van der Waals surface area contributed by atoms with E-state index in [4.69, 9.17) is 4.74 Å². The highest BCUT2D eigenvalue weighted by molar-refractivity contribution is 7.18. The normalized spacial score (nSPS) is 18.9. The third-order valence-electron chi connectivity index (χ3n) is 5.70. The van der Waals surface area contributed by atoms with Gasteiger partial charge in [-0.15, -0.1) is 11.3 Å². The molecule has 2 unspecified atom stereocenters. The standard InChI is InChI=1S/C23H28FN3OS/c1-14-8-19(9-15(2)25-14)28-13-18-6-5-7-27(12-18)16(3)20-10-22-23(11-21(20)24)29-17(4)26-22/h8-11,16,18H,5-7,12-13H2,1-4H3. The molecule has 1 aliphatic heterocycles. The van der Waals surface area contributed by atoms with Crippen molar-refractivity contribution in [3.8, 4) is 5.75 Å². The molecule has 4 rings (SSSR count). The summed E-state index contributed by atoms with van der Waals surface area (Å²) in [5.74, 6) is 1.19. The fourth-order valence-corrected chi connectivity index (χ4v) is 5.11. The molecule has 1 saturated heterocycles. The van der Waals surface area contributed by atoms with Crippen LogP contribution in [0, 0.1) is 32.5 Å². The fraction of sp³-hybridized carbons (Fsp3) is 0.478. The number of pyridine rings is 1. The van der Waals surface area contributed by atoms with Crippen LogP contribution in [-0.4, -0.2) is 34.6 Å². The Hall–Kier alpha value is -2.05. The number of aryl methyl sites for hydroxylation is 3. The van der Waals surface area contributed by atoms with Gasteiger partial charge in [0.25, 0.3) is 0 Å². The number of thiazole rings is 1. The van der Waals surface area contributed by atoms with Crippen LogP contribution in [0.4, 0.5) is 4.39 Å². The van der Waals surface area contributed by atoms with Gasteiger partial charge in [-0.1, -0.05) is 0 Å². The first-order chi connectivity index (χ1) is 13.9. The lowest BCUT2D eigenvalue weighted by Crippen LogP contribution is -2.39. The average molecular weight is 414 g/mol. The van der Waals surface area contributed by atoms with Gasteiger partial charge in [0.15, 0.2) is 0 Å². The van der Waals surface area contributed by atoms with Crippen LogP contribution in [0.5, 0.6) is 5.75 Å². The zero-order valence-electron chi connectivity index (χ0n) is 17.5. The molecule has 3 aromatic rings. The van der Waals surface area contributed by atoms with Crippen LogP contribution < -0.4 is 4.74 Å². The van der Waals surface area contributed by atoms with Crippen molar-refractivity contribution in [1.29, 1.82) is 0 Å². The van der Waals surface area contributed by atoms with Crippen molar-refractivity contribution in [2.75, 3.05) is 19.7 Å². The van der Waals surface area contributed by atoms with E-state index >= 15 is 0 Å². The predicted molar refractivity (Wildman–Crippen MR) is 116 cm³/mol. The Morgan fingerprint density at radius 1 is 1.17 bits per heavy atom. The second kappa shape index (κ2) is 8.36. The zero-order chi connectivity index (χ0) is 20.5. The van der Waals surface area contributed by atoms with Crippen LogP contribution in [0.15, 0.2) is 24.3 Å². The number of hydrogen-bond donors (Lipinski definition) is 0. The molecule has 1 aromatic carbocycles. The lowest BCUT2D eigenvalue weighted by Gasteiger charge is -2.37. The summed E-state index contributed by atoms with van der Waals surface area (Å²) in [6, 6.07) is 7.56. The Morgan fingerprint density at radius 3 is 2.69 bits per heavy atom. The molecule has 0 aliphatic carbocycles. The van der Waals surface area contributed by atoms with Gasteiger partial charge in [-0.05, 0) is 59.2 Å². The predicted octanol–water partition coefficient (Wildman–Crippen LogP) is 5.61. The van der Waals surface area contributed by atoms with E-state index in [1.54, 1.807) is 17.4 Å². The number of nitrogens with zero attached hydrogens (tertiary/aromatic N) is 3. The number of likely N-dealkylation sites (tertiary alicyclic amines) is 1. The van der Waals surface area contributed by atoms with Crippen LogP contribution >= 0.6 is 11.3 Å². The number of fused-ring (bicyclic) bond motifs is 1. The minimum atomic E-state index is -0.130. The smallest absolute Gasteiger partial charge is 0.129 e. The van der Waals surface area contributed by atoms with E-state index in [1.165, 1.54) is 0 Å². The molecule has 0 bridgehead atoms. The number of benzene rings is 1. The Labute approximate surface area is 175 Å². The summed E-state index contributed by atoms with van der Waals surface area (Å²) in [4.78, 5) is 11.3. The molecule has 0 radical (unpaired) electrons. The first kappa shape index (κ1) is 20.2. The summed E-state index contributed by atoms with van der Waals surface area (Å²) >= 11 is 1.54. The van der Waals surface area contributed by atoms with E-state index in [1.807, 2.05) is 39.0 Å². The number of ether oxygens (including phenoxy) is 1. The summed E-state index contributed by atoms with van der Waals surface area (Å²) in [5, 5.41) is 0.973. The Kier molecular flexibility index (Phi) is 5.83. The molecule has 0 spiro atoms. The summed E-state index contributed by atoms with van der Waals surface area (Å²) in [5.41, 5.74) is 3.59. The molecule has 6 heteroatoms. The molecule has 2 aromatic heterocycles. The van der Waals surface area contributed by atoms with Crippen molar-refractivity contribution in [2.24, 2.45) is 5.92 Å². The van der Waals surface area contributed by atoms with Crippen LogP contribution in [0.1, 0.15) is 47.8 Å².